The average Bonchev–Trinajstić information content (AvgIpc) is 3.00. The lowest BCUT2D eigenvalue weighted by Gasteiger charge is -2.31. The molecule has 1 aromatic rings. The largest absolute Gasteiger partial charge is 0.444 e. The van der Waals surface area contributed by atoms with Crippen LogP contribution in [0, 0.1) is 25.2 Å². The standard InChI is InChI=1S/C23H43N5O/c1-7-8-9-12-23(4,5)17-26-22(24-6)25-15-20-10-13-28(14-11-20)16-21-27-18(2)19(3)29-21/h20H,7-17H2,1-6H3,(H2,24,25,26). The Hall–Kier alpha value is -1.56. The number of unbranched alkanes of at least 4 members (excludes halogenated alkanes) is 2. The van der Waals surface area contributed by atoms with Gasteiger partial charge in [-0.1, -0.05) is 40.0 Å². The van der Waals surface area contributed by atoms with Crippen molar-refractivity contribution in [3.8, 4) is 0 Å². The average molecular weight is 406 g/mol. The lowest BCUT2D eigenvalue weighted by molar-refractivity contribution is 0.164. The molecule has 1 fully saturated rings. The minimum atomic E-state index is 0.300. The van der Waals surface area contributed by atoms with E-state index in [1.807, 2.05) is 20.9 Å². The number of hydrogen-bond donors (Lipinski definition) is 2. The smallest absolute Gasteiger partial charge is 0.208 e. The Morgan fingerprint density at radius 3 is 2.52 bits per heavy atom. The first kappa shape index (κ1) is 23.7. The molecule has 2 heterocycles. The first-order chi connectivity index (χ1) is 13.8. The Morgan fingerprint density at radius 2 is 1.93 bits per heavy atom. The number of aryl methyl sites for hydroxylation is 2. The number of guanidine groups is 1. The van der Waals surface area contributed by atoms with E-state index < -0.39 is 0 Å². The molecule has 1 aromatic heterocycles. The number of piperidine rings is 1. The van der Waals surface area contributed by atoms with E-state index in [0.717, 1.165) is 56.0 Å². The second-order valence-corrected chi connectivity index (χ2v) is 9.40. The molecule has 0 saturated carbocycles. The van der Waals surface area contributed by atoms with E-state index in [2.05, 4.69) is 46.3 Å². The highest BCUT2D eigenvalue weighted by Crippen LogP contribution is 2.23. The zero-order valence-electron chi connectivity index (χ0n) is 19.6. The van der Waals surface area contributed by atoms with Crippen molar-refractivity contribution in [1.82, 2.24) is 20.5 Å². The second-order valence-electron chi connectivity index (χ2n) is 9.40. The van der Waals surface area contributed by atoms with Gasteiger partial charge >= 0.3 is 0 Å². The zero-order chi connectivity index (χ0) is 21.3. The maximum Gasteiger partial charge on any atom is 0.208 e. The van der Waals surface area contributed by atoms with Gasteiger partial charge in [0.05, 0.1) is 12.2 Å². The van der Waals surface area contributed by atoms with Gasteiger partial charge in [-0.05, 0) is 57.5 Å². The van der Waals surface area contributed by atoms with Crippen molar-refractivity contribution < 1.29 is 4.42 Å². The molecule has 1 saturated heterocycles. The molecule has 0 amide bonds. The third kappa shape index (κ3) is 8.37. The number of hydrogen-bond acceptors (Lipinski definition) is 4. The summed E-state index contributed by atoms with van der Waals surface area (Å²) in [4.78, 5) is 11.4. The fourth-order valence-electron chi connectivity index (χ4n) is 3.87. The molecule has 6 nitrogen and oxygen atoms in total. The third-order valence-electron chi connectivity index (χ3n) is 6.11. The van der Waals surface area contributed by atoms with Crippen LogP contribution in [0.1, 0.15) is 76.6 Å². The molecule has 0 bridgehead atoms. The first-order valence-electron chi connectivity index (χ1n) is 11.4. The minimum absolute atomic E-state index is 0.300. The summed E-state index contributed by atoms with van der Waals surface area (Å²) in [5, 5.41) is 7.08. The Balaban J connectivity index is 1.66. The van der Waals surface area contributed by atoms with E-state index >= 15 is 0 Å². The van der Waals surface area contributed by atoms with Crippen molar-refractivity contribution >= 4 is 5.96 Å². The SMILES string of the molecule is CCCCCC(C)(C)CNC(=NC)NCC1CCN(Cc2nc(C)c(C)o2)CC1. The molecule has 0 radical (unpaired) electrons. The monoisotopic (exact) mass is 405 g/mol. The summed E-state index contributed by atoms with van der Waals surface area (Å²) in [6.07, 6.45) is 7.57. The van der Waals surface area contributed by atoms with Crippen molar-refractivity contribution in [2.75, 3.05) is 33.2 Å². The molecule has 2 rings (SSSR count). The first-order valence-corrected chi connectivity index (χ1v) is 11.4. The van der Waals surface area contributed by atoms with Crippen LogP contribution in [0.5, 0.6) is 0 Å². The predicted molar refractivity (Wildman–Crippen MR) is 121 cm³/mol. The lowest BCUT2D eigenvalue weighted by atomic mass is 9.87. The molecule has 29 heavy (non-hydrogen) atoms. The molecule has 1 aliphatic rings. The predicted octanol–water partition coefficient (Wildman–Crippen LogP) is 4.27. The topological polar surface area (TPSA) is 65.7 Å². The van der Waals surface area contributed by atoms with Crippen LogP contribution < -0.4 is 10.6 Å². The van der Waals surface area contributed by atoms with Gasteiger partial charge in [-0.2, -0.15) is 0 Å². The fourth-order valence-corrected chi connectivity index (χ4v) is 3.87. The number of aromatic nitrogens is 1. The van der Waals surface area contributed by atoms with Crippen LogP contribution in [0.2, 0.25) is 0 Å². The summed E-state index contributed by atoms with van der Waals surface area (Å²) in [7, 11) is 1.86. The van der Waals surface area contributed by atoms with Crippen LogP contribution >= 0.6 is 0 Å². The van der Waals surface area contributed by atoms with Gasteiger partial charge in [-0.3, -0.25) is 9.89 Å². The van der Waals surface area contributed by atoms with E-state index in [9.17, 15) is 0 Å². The normalized spacial score (nSPS) is 17.0. The number of nitrogens with one attached hydrogen (secondary N) is 2. The number of likely N-dealkylation sites (tertiary alicyclic amines) is 1. The van der Waals surface area contributed by atoms with Crippen LogP contribution in [-0.4, -0.2) is 49.1 Å². The molecule has 0 aromatic carbocycles. The third-order valence-corrected chi connectivity index (χ3v) is 6.11. The highest BCUT2D eigenvalue weighted by molar-refractivity contribution is 5.79. The van der Waals surface area contributed by atoms with Crippen LogP contribution in [0.15, 0.2) is 9.41 Å². The number of oxazole rings is 1. The molecular weight excluding hydrogens is 362 g/mol. The van der Waals surface area contributed by atoms with E-state index in [0.29, 0.717) is 11.3 Å². The van der Waals surface area contributed by atoms with Crippen LogP contribution in [-0.2, 0) is 6.54 Å². The number of rotatable bonds is 10. The van der Waals surface area contributed by atoms with Gasteiger partial charge in [0.25, 0.3) is 0 Å². The summed E-state index contributed by atoms with van der Waals surface area (Å²) in [6.45, 7) is 15.9. The van der Waals surface area contributed by atoms with Gasteiger partial charge in [0.15, 0.2) is 5.96 Å². The Bertz CT molecular complexity index is 610. The molecule has 0 atom stereocenters. The zero-order valence-corrected chi connectivity index (χ0v) is 19.6. The summed E-state index contributed by atoms with van der Waals surface area (Å²) in [6, 6.07) is 0. The minimum Gasteiger partial charge on any atom is -0.444 e. The van der Waals surface area contributed by atoms with Crippen molar-refractivity contribution in [2.24, 2.45) is 16.3 Å². The Morgan fingerprint density at radius 1 is 1.21 bits per heavy atom. The fraction of sp³-hybridized carbons (Fsp3) is 0.826. The van der Waals surface area contributed by atoms with E-state index in [1.54, 1.807) is 0 Å². The Kier molecular flexibility index (Phi) is 9.47. The molecular formula is C23H43N5O. The summed E-state index contributed by atoms with van der Waals surface area (Å²) in [5.41, 5.74) is 1.31. The summed E-state index contributed by atoms with van der Waals surface area (Å²) >= 11 is 0. The quantitative estimate of drug-likeness (QED) is 0.346. The van der Waals surface area contributed by atoms with Crippen molar-refractivity contribution in [1.29, 1.82) is 0 Å². The highest BCUT2D eigenvalue weighted by Gasteiger charge is 2.22. The maximum atomic E-state index is 5.73. The van der Waals surface area contributed by atoms with Crippen molar-refractivity contribution in [3.63, 3.8) is 0 Å². The molecule has 2 N–H and O–H groups in total. The molecule has 0 spiro atoms. The lowest BCUT2D eigenvalue weighted by Crippen LogP contribution is -2.45. The van der Waals surface area contributed by atoms with Gasteiger partial charge in [0.2, 0.25) is 5.89 Å². The van der Waals surface area contributed by atoms with Gasteiger partial charge in [0.1, 0.15) is 5.76 Å². The molecule has 0 unspecified atom stereocenters. The van der Waals surface area contributed by atoms with E-state index in [1.165, 1.54) is 38.5 Å². The summed E-state index contributed by atoms with van der Waals surface area (Å²) in [5.74, 6) is 3.41. The van der Waals surface area contributed by atoms with Gasteiger partial charge in [0, 0.05) is 20.1 Å². The molecule has 0 aliphatic carbocycles. The highest BCUT2D eigenvalue weighted by atomic mass is 16.4. The van der Waals surface area contributed by atoms with Crippen LogP contribution in [0.25, 0.3) is 0 Å². The Labute approximate surface area is 177 Å². The number of aliphatic imine (C=N–C) groups is 1. The van der Waals surface area contributed by atoms with Gasteiger partial charge in [-0.25, -0.2) is 4.98 Å². The van der Waals surface area contributed by atoms with E-state index in [4.69, 9.17) is 4.42 Å². The van der Waals surface area contributed by atoms with Crippen molar-refractivity contribution in [3.05, 3.63) is 17.3 Å². The van der Waals surface area contributed by atoms with Crippen LogP contribution in [0.4, 0.5) is 0 Å². The van der Waals surface area contributed by atoms with Crippen LogP contribution in [0.3, 0.4) is 0 Å². The molecule has 1 aliphatic heterocycles. The van der Waals surface area contributed by atoms with Gasteiger partial charge < -0.3 is 15.1 Å². The van der Waals surface area contributed by atoms with Gasteiger partial charge in [-0.15, -0.1) is 0 Å². The van der Waals surface area contributed by atoms with E-state index in [-0.39, 0.29) is 0 Å². The molecule has 166 valence electrons. The van der Waals surface area contributed by atoms with Crippen molar-refractivity contribution in [2.45, 2.75) is 79.7 Å². The summed E-state index contributed by atoms with van der Waals surface area (Å²) < 4.78 is 5.73. The second kappa shape index (κ2) is 11.6. The molecule has 6 heteroatoms. The number of nitrogens with zero attached hydrogens (tertiary/aromatic N) is 3. The maximum absolute atomic E-state index is 5.73.